The third kappa shape index (κ3) is 1.94. The standard InChI is InChI=1S/C9H17NOS/c1-4-9-7(3)8(10-11)5-6(2)12-9/h6-7,9,11H,4-5H2,1-3H3/b10-8-/t6-,7-,9+/m0/s1. The molecule has 1 aliphatic rings. The van der Waals surface area contributed by atoms with Crippen molar-refractivity contribution in [3.05, 3.63) is 0 Å². The van der Waals surface area contributed by atoms with Gasteiger partial charge < -0.3 is 5.21 Å². The molecule has 0 aromatic heterocycles. The fourth-order valence-corrected chi connectivity index (χ4v) is 3.19. The van der Waals surface area contributed by atoms with E-state index in [1.165, 1.54) is 0 Å². The average Bonchev–Trinajstić information content (AvgIpc) is 2.08. The number of nitrogens with zero attached hydrogens (tertiary/aromatic N) is 1. The number of rotatable bonds is 1. The van der Waals surface area contributed by atoms with Gasteiger partial charge >= 0.3 is 0 Å². The van der Waals surface area contributed by atoms with Gasteiger partial charge in [0.05, 0.1) is 5.71 Å². The minimum Gasteiger partial charge on any atom is -0.411 e. The van der Waals surface area contributed by atoms with E-state index in [9.17, 15) is 0 Å². The molecule has 0 radical (unpaired) electrons. The van der Waals surface area contributed by atoms with E-state index in [1.54, 1.807) is 0 Å². The van der Waals surface area contributed by atoms with Crippen molar-refractivity contribution in [3.8, 4) is 0 Å². The molecule has 0 bridgehead atoms. The van der Waals surface area contributed by atoms with Crippen LogP contribution in [0.25, 0.3) is 0 Å². The molecule has 2 nitrogen and oxygen atoms in total. The van der Waals surface area contributed by atoms with Crippen molar-refractivity contribution >= 4 is 17.5 Å². The summed E-state index contributed by atoms with van der Waals surface area (Å²) in [6.07, 6.45) is 2.11. The van der Waals surface area contributed by atoms with Crippen molar-refractivity contribution < 1.29 is 5.21 Å². The molecule has 3 heteroatoms. The summed E-state index contributed by atoms with van der Waals surface area (Å²) >= 11 is 2.02. The lowest BCUT2D eigenvalue weighted by molar-refractivity contribution is 0.312. The molecule has 70 valence electrons. The molecule has 0 aromatic carbocycles. The maximum atomic E-state index is 8.77. The van der Waals surface area contributed by atoms with E-state index in [0.717, 1.165) is 18.6 Å². The Balaban J connectivity index is 2.68. The van der Waals surface area contributed by atoms with Gasteiger partial charge in [0.25, 0.3) is 0 Å². The molecule has 1 rings (SSSR count). The van der Waals surface area contributed by atoms with Crippen molar-refractivity contribution in [1.82, 2.24) is 0 Å². The first-order valence-corrected chi connectivity index (χ1v) is 5.49. The van der Waals surface area contributed by atoms with Crippen LogP contribution in [-0.4, -0.2) is 21.4 Å². The highest BCUT2D eigenvalue weighted by molar-refractivity contribution is 8.00. The van der Waals surface area contributed by atoms with E-state index >= 15 is 0 Å². The number of oxime groups is 1. The summed E-state index contributed by atoms with van der Waals surface area (Å²) in [6, 6.07) is 0. The van der Waals surface area contributed by atoms with Crippen LogP contribution in [-0.2, 0) is 0 Å². The van der Waals surface area contributed by atoms with Crippen LogP contribution in [0.15, 0.2) is 5.16 Å². The van der Waals surface area contributed by atoms with Crippen molar-refractivity contribution in [3.63, 3.8) is 0 Å². The Morgan fingerprint density at radius 2 is 2.25 bits per heavy atom. The fourth-order valence-electron chi connectivity index (χ4n) is 1.74. The lowest BCUT2D eigenvalue weighted by Gasteiger charge is -2.32. The van der Waals surface area contributed by atoms with Gasteiger partial charge in [0.15, 0.2) is 0 Å². The fraction of sp³-hybridized carbons (Fsp3) is 0.889. The van der Waals surface area contributed by atoms with E-state index in [1.807, 2.05) is 11.8 Å². The van der Waals surface area contributed by atoms with E-state index < -0.39 is 0 Å². The lowest BCUT2D eigenvalue weighted by atomic mass is 9.95. The lowest BCUT2D eigenvalue weighted by Crippen LogP contribution is -2.32. The van der Waals surface area contributed by atoms with Gasteiger partial charge in [-0.25, -0.2) is 0 Å². The molecule has 3 atom stereocenters. The minimum atomic E-state index is 0.446. The second-order valence-corrected chi connectivity index (χ2v) is 5.16. The maximum absolute atomic E-state index is 8.77. The Morgan fingerprint density at radius 3 is 2.75 bits per heavy atom. The molecule has 1 saturated heterocycles. The van der Waals surface area contributed by atoms with Gasteiger partial charge in [0, 0.05) is 22.8 Å². The summed E-state index contributed by atoms with van der Waals surface area (Å²) < 4.78 is 0. The number of thioether (sulfide) groups is 1. The largest absolute Gasteiger partial charge is 0.411 e. The van der Waals surface area contributed by atoms with Crippen LogP contribution < -0.4 is 0 Å². The molecule has 1 N–H and O–H groups in total. The first-order valence-electron chi connectivity index (χ1n) is 4.55. The molecule has 1 aliphatic heterocycles. The average molecular weight is 187 g/mol. The maximum Gasteiger partial charge on any atom is 0.0620 e. The van der Waals surface area contributed by atoms with E-state index in [2.05, 4.69) is 25.9 Å². The normalized spacial score (nSPS) is 40.2. The first-order chi connectivity index (χ1) is 5.69. The van der Waals surface area contributed by atoms with Gasteiger partial charge in [0.1, 0.15) is 0 Å². The number of hydrogen-bond donors (Lipinski definition) is 1. The highest BCUT2D eigenvalue weighted by atomic mass is 32.2. The smallest absolute Gasteiger partial charge is 0.0620 e. The van der Waals surface area contributed by atoms with Gasteiger partial charge in [-0.3, -0.25) is 0 Å². The zero-order valence-electron chi connectivity index (χ0n) is 7.95. The third-order valence-corrected chi connectivity index (χ3v) is 4.24. The molecule has 0 unspecified atom stereocenters. The van der Waals surface area contributed by atoms with Crippen LogP contribution in [0.2, 0.25) is 0 Å². The molecule has 0 saturated carbocycles. The Morgan fingerprint density at radius 1 is 1.58 bits per heavy atom. The van der Waals surface area contributed by atoms with Crippen LogP contribution in [0.4, 0.5) is 0 Å². The molecule has 0 spiro atoms. The van der Waals surface area contributed by atoms with Crippen molar-refractivity contribution in [2.45, 2.75) is 44.1 Å². The third-order valence-electron chi connectivity index (χ3n) is 2.52. The van der Waals surface area contributed by atoms with Gasteiger partial charge in [-0.05, 0) is 6.42 Å². The Hall–Kier alpha value is -0.180. The molecule has 0 aromatic rings. The van der Waals surface area contributed by atoms with Crippen LogP contribution in [0.3, 0.4) is 0 Å². The highest BCUT2D eigenvalue weighted by Gasteiger charge is 2.29. The summed E-state index contributed by atoms with van der Waals surface area (Å²) in [4.78, 5) is 0. The number of hydrogen-bond acceptors (Lipinski definition) is 3. The van der Waals surface area contributed by atoms with Crippen LogP contribution in [0.1, 0.15) is 33.6 Å². The van der Waals surface area contributed by atoms with E-state index in [4.69, 9.17) is 5.21 Å². The monoisotopic (exact) mass is 187 g/mol. The molecule has 12 heavy (non-hydrogen) atoms. The van der Waals surface area contributed by atoms with Crippen molar-refractivity contribution in [2.75, 3.05) is 0 Å². The second kappa shape index (κ2) is 4.17. The Bertz CT molecular complexity index is 181. The Labute approximate surface area is 78.4 Å². The van der Waals surface area contributed by atoms with E-state index in [0.29, 0.717) is 16.4 Å². The predicted molar refractivity (Wildman–Crippen MR) is 54.1 cm³/mol. The zero-order chi connectivity index (χ0) is 9.14. The van der Waals surface area contributed by atoms with Crippen LogP contribution in [0.5, 0.6) is 0 Å². The second-order valence-electron chi connectivity index (χ2n) is 3.48. The molecule has 1 fully saturated rings. The Kier molecular flexibility index (Phi) is 3.44. The highest BCUT2D eigenvalue weighted by Crippen LogP contribution is 2.35. The van der Waals surface area contributed by atoms with Gasteiger partial charge in [-0.1, -0.05) is 25.9 Å². The topological polar surface area (TPSA) is 32.6 Å². The minimum absolute atomic E-state index is 0.446. The SMILES string of the molecule is CC[C@H]1S[C@@H](C)C/C(=N/O)[C@@H]1C. The summed E-state index contributed by atoms with van der Waals surface area (Å²) in [6.45, 7) is 6.55. The molecular formula is C9H17NOS. The van der Waals surface area contributed by atoms with Crippen molar-refractivity contribution in [2.24, 2.45) is 11.1 Å². The summed E-state index contributed by atoms with van der Waals surface area (Å²) in [5, 5.41) is 13.4. The molecule has 0 amide bonds. The molecule has 0 aliphatic carbocycles. The predicted octanol–water partition coefficient (Wildman–Crippen LogP) is 2.76. The molecule has 1 heterocycles. The summed E-state index contributed by atoms with van der Waals surface area (Å²) in [5.74, 6) is 0.446. The quantitative estimate of drug-likeness (QED) is 0.505. The first kappa shape index (κ1) is 9.90. The van der Waals surface area contributed by atoms with Gasteiger partial charge in [-0.2, -0.15) is 11.8 Å². The zero-order valence-corrected chi connectivity index (χ0v) is 8.77. The van der Waals surface area contributed by atoms with Gasteiger partial charge in [-0.15, -0.1) is 0 Å². The van der Waals surface area contributed by atoms with Crippen LogP contribution >= 0.6 is 11.8 Å². The van der Waals surface area contributed by atoms with Crippen molar-refractivity contribution in [1.29, 1.82) is 0 Å². The van der Waals surface area contributed by atoms with E-state index in [-0.39, 0.29) is 0 Å². The summed E-state index contributed by atoms with van der Waals surface area (Å²) in [7, 11) is 0. The molecular weight excluding hydrogens is 170 g/mol. The van der Waals surface area contributed by atoms with Gasteiger partial charge in [0.2, 0.25) is 0 Å². The van der Waals surface area contributed by atoms with Crippen LogP contribution in [0, 0.1) is 5.92 Å². The summed E-state index contributed by atoms with van der Waals surface area (Å²) in [5.41, 5.74) is 0.980.